The smallest absolute Gasteiger partial charge is 0.325 e. The Balaban J connectivity index is 1.32. The number of urea groups is 1. The quantitative estimate of drug-likeness (QED) is 0.414. The summed E-state index contributed by atoms with van der Waals surface area (Å²) in [6.45, 7) is 1.71. The summed E-state index contributed by atoms with van der Waals surface area (Å²) in [5, 5.41) is 6.75. The lowest BCUT2D eigenvalue weighted by molar-refractivity contribution is -0.138. The van der Waals surface area contributed by atoms with Crippen LogP contribution in [0.1, 0.15) is 18.1 Å². The molecule has 4 aromatic carbocycles. The first-order valence-corrected chi connectivity index (χ1v) is 11.7. The van der Waals surface area contributed by atoms with Gasteiger partial charge in [-0.2, -0.15) is 0 Å². The lowest BCUT2D eigenvalue weighted by atomic mass is 9.88. The second kappa shape index (κ2) is 9.00. The number of carbonyl (C=O) groups is 3. The Kier molecular flexibility index (Phi) is 5.84. The van der Waals surface area contributed by atoms with E-state index in [1.54, 1.807) is 21.1 Å². The molecule has 1 saturated heterocycles. The molecule has 1 fully saturated rings. The van der Waals surface area contributed by atoms with Crippen LogP contribution in [0.15, 0.2) is 78.9 Å². The van der Waals surface area contributed by atoms with Gasteiger partial charge in [-0.25, -0.2) is 4.79 Å². The van der Waals surface area contributed by atoms with Crippen molar-refractivity contribution in [1.82, 2.24) is 15.1 Å². The summed E-state index contributed by atoms with van der Waals surface area (Å²) < 4.78 is 5.28. The van der Waals surface area contributed by atoms with Crippen LogP contribution in [0.5, 0.6) is 5.75 Å². The van der Waals surface area contributed by atoms with Crippen molar-refractivity contribution < 1.29 is 19.1 Å². The molecule has 0 bridgehead atoms. The zero-order valence-corrected chi connectivity index (χ0v) is 20.4. The Labute approximate surface area is 209 Å². The monoisotopic (exact) mass is 481 g/mol. The fourth-order valence-corrected chi connectivity index (χ4v) is 4.80. The van der Waals surface area contributed by atoms with Crippen molar-refractivity contribution in [3.63, 3.8) is 0 Å². The van der Waals surface area contributed by atoms with Crippen molar-refractivity contribution in [2.24, 2.45) is 0 Å². The van der Waals surface area contributed by atoms with Gasteiger partial charge in [0.25, 0.3) is 5.91 Å². The number of nitrogens with zero attached hydrogens (tertiary/aromatic N) is 2. The fraction of sp³-hybridized carbons (Fsp3) is 0.207. The summed E-state index contributed by atoms with van der Waals surface area (Å²) in [5.41, 5.74) is 0.396. The van der Waals surface area contributed by atoms with Crippen LogP contribution in [-0.4, -0.2) is 48.3 Å². The van der Waals surface area contributed by atoms with Crippen molar-refractivity contribution >= 4 is 39.4 Å². The number of benzene rings is 4. The van der Waals surface area contributed by atoms with Crippen LogP contribution in [0.3, 0.4) is 0 Å². The van der Waals surface area contributed by atoms with E-state index in [4.69, 9.17) is 4.74 Å². The van der Waals surface area contributed by atoms with Gasteiger partial charge < -0.3 is 15.0 Å². The van der Waals surface area contributed by atoms with Crippen LogP contribution in [-0.2, 0) is 21.7 Å². The van der Waals surface area contributed by atoms with Crippen molar-refractivity contribution in [1.29, 1.82) is 0 Å². The first-order chi connectivity index (χ1) is 17.3. The summed E-state index contributed by atoms with van der Waals surface area (Å²) in [6.07, 6.45) is 0. The Morgan fingerprint density at radius 2 is 1.67 bits per heavy atom. The molecule has 1 aliphatic heterocycles. The minimum Gasteiger partial charge on any atom is -0.497 e. The molecular weight excluding hydrogens is 454 g/mol. The fourth-order valence-electron chi connectivity index (χ4n) is 4.80. The molecule has 1 aliphatic rings. The van der Waals surface area contributed by atoms with E-state index in [0.717, 1.165) is 37.8 Å². The molecule has 0 spiro atoms. The van der Waals surface area contributed by atoms with Crippen LogP contribution in [0.4, 0.5) is 4.79 Å². The SMILES string of the molecule is COc1ccc2cc(CN(C)C(=O)CN3C(=O)N[C@](C)(c4cccc5ccccc45)C3=O)ccc2c1. The van der Waals surface area contributed by atoms with Crippen LogP contribution in [0.25, 0.3) is 21.5 Å². The standard InChI is InChI=1S/C29H27N3O4/c1-29(25-10-6-8-20-7-4-5-9-24(20)25)27(34)32(28(35)30-29)18-26(33)31(2)17-19-11-12-22-16-23(36-3)14-13-21(22)15-19/h4-16H,17-18H2,1-3H3,(H,30,35)/t29-/m1/s1. The molecule has 0 unspecified atom stereocenters. The summed E-state index contributed by atoms with van der Waals surface area (Å²) in [4.78, 5) is 41.9. The lowest BCUT2D eigenvalue weighted by Crippen LogP contribution is -2.43. The van der Waals surface area contributed by atoms with E-state index in [1.807, 2.05) is 78.9 Å². The van der Waals surface area contributed by atoms with Gasteiger partial charge >= 0.3 is 6.03 Å². The van der Waals surface area contributed by atoms with Gasteiger partial charge in [-0.1, -0.05) is 60.7 Å². The van der Waals surface area contributed by atoms with E-state index in [2.05, 4.69) is 5.32 Å². The predicted octanol–water partition coefficient (Wildman–Crippen LogP) is 4.43. The Hall–Kier alpha value is -4.39. The highest BCUT2D eigenvalue weighted by molar-refractivity contribution is 6.10. The molecule has 0 radical (unpaired) electrons. The minimum atomic E-state index is -1.25. The maximum atomic E-state index is 13.5. The largest absolute Gasteiger partial charge is 0.497 e. The summed E-state index contributed by atoms with van der Waals surface area (Å²) in [5.74, 6) is 0.0207. The molecule has 36 heavy (non-hydrogen) atoms. The molecule has 1 N–H and O–H groups in total. The number of nitrogens with one attached hydrogen (secondary N) is 1. The van der Waals surface area contributed by atoms with Gasteiger partial charge in [0.05, 0.1) is 7.11 Å². The number of methoxy groups -OCH3 is 1. The number of fused-ring (bicyclic) bond motifs is 2. The molecule has 5 rings (SSSR count). The highest BCUT2D eigenvalue weighted by Crippen LogP contribution is 2.34. The third-order valence-electron chi connectivity index (χ3n) is 6.85. The first kappa shape index (κ1) is 23.4. The molecule has 0 saturated carbocycles. The van der Waals surface area contributed by atoms with Crippen molar-refractivity contribution in [2.75, 3.05) is 20.7 Å². The summed E-state index contributed by atoms with van der Waals surface area (Å²) in [7, 11) is 3.30. The first-order valence-electron chi connectivity index (χ1n) is 11.7. The van der Waals surface area contributed by atoms with E-state index in [-0.39, 0.29) is 12.5 Å². The van der Waals surface area contributed by atoms with Gasteiger partial charge in [-0.05, 0) is 57.8 Å². The van der Waals surface area contributed by atoms with Gasteiger partial charge in [-0.3, -0.25) is 14.5 Å². The van der Waals surface area contributed by atoms with E-state index in [1.165, 1.54) is 4.90 Å². The number of imide groups is 1. The minimum absolute atomic E-state index is 0.324. The van der Waals surface area contributed by atoms with Crippen molar-refractivity contribution in [3.8, 4) is 5.75 Å². The maximum absolute atomic E-state index is 13.5. The lowest BCUT2D eigenvalue weighted by Gasteiger charge is -2.24. The number of likely N-dealkylation sites (N-methyl/N-ethyl adjacent to an activating group) is 1. The van der Waals surface area contributed by atoms with Crippen LogP contribution < -0.4 is 10.1 Å². The molecule has 1 atom stereocenters. The zero-order valence-electron chi connectivity index (χ0n) is 20.4. The Morgan fingerprint density at radius 1 is 0.944 bits per heavy atom. The van der Waals surface area contributed by atoms with Gasteiger partial charge in [0.1, 0.15) is 17.8 Å². The number of hydrogen-bond acceptors (Lipinski definition) is 4. The average molecular weight is 482 g/mol. The van der Waals surface area contributed by atoms with Gasteiger partial charge in [0.15, 0.2) is 0 Å². The maximum Gasteiger partial charge on any atom is 0.325 e. The van der Waals surface area contributed by atoms with E-state index >= 15 is 0 Å². The molecule has 7 heteroatoms. The molecule has 7 nitrogen and oxygen atoms in total. The normalized spacial score (nSPS) is 17.5. The predicted molar refractivity (Wildman–Crippen MR) is 139 cm³/mol. The van der Waals surface area contributed by atoms with Crippen LogP contribution in [0.2, 0.25) is 0 Å². The zero-order chi connectivity index (χ0) is 25.4. The van der Waals surface area contributed by atoms with Gasteiger partial charge in [0.2, 0.25) is 5.91 Å². The topological polar surface area (TPSA) is 79.0 Å². The second-order valence-electron chi connectivity index (χ2n) is 9.27. The highest BCUT2D eigenvalue weighted by Gasteiger charge is 2.50. The summed E-state index contributed by atoms with van der Waals surface area (Å²) in [6, 6.07) is 24.6. The summed E-state index contributed by atoms with van der Waals surface area (Å²) >= 11 is 0. The van der Waals surface area contributed by atoms with Gasteiger partial charge in [0, 0.05) is 13.6 Å². The van der Waals surface area contributed by atoms with E-state index < -0.39 is 17.5 Å². The van der Waals surface area contributed by atoms with Gasteiger partial charge in [-0.15, -0.1) is 0 Å². The number of rotatable bonds is 6. The third-order valence-corrected chi connectivity index (χ3v) is 6.85. The number of amides is 4. The second-order valence-corrected chi connectivity index (χ2v) is 9.27. The molecule has 0 aliphatic carbocycles. The Morgan fingerprint density at radius 3 is 2.47 bits per heavy atom. The van der Waals surface area contributed by atoms with Crippen LogP contribution >= 0.6 is 0 Å². The van der Waals surface area contributed by atoms with E-state index in [0.29, 0.717) is 12.1 Å². The Bertz CT molecular complexity index is 1510. The molecule has 182 valence electrons. The molecule has 1 heterocycles. The van der Waals surface area contributed by atoms with Crippen molar-refractivity contribution in [2.45, 2.75) is 19.0 Å². The number of hydrogen-bond donors (Lipinski definition) is 1. The number of carbonyl (C=O) groups excluding carboxylic acids is 3. The molecule has 4 amide bonds. The molecule has 0 aromatic heterocycles. The van der Waals surface area contributed by atoms with Crippen LogP contribution in [0, 0.1) is 0 Å². The van der Waals surface area contributed by atoms with Crippen molar-refractivity contribution in [3.05, 3.63) is 90.0 Å². The molecular formula is C29H27N3O4. The molecule has 4 aromatic rings. The van der Waals surface area contributed by atoms with E-state index in [9.17, 15) is 14.4 Å². The number of ether oxygens (including phenoxy) is 1. The highest BCUT2D eigenvalue weighted by atomic mass is 16.5. The third kappa shape index (κ3) is 4.02. The average Bonchev–Trinajstić information content (AvgIpc) is 3.11.